The number of fused-ring (bicyclic) bond motifs is 1. The summed E-state index contributed by atoms with van der Waals surface area (Å²) < 4.78 is 5.92. The number of aryl methyl sites for hydroxylation is 1. The van der Waals surface area contributed by atoms with Crippen LogP contribution in [0.5, 0.6) is 5.75 Å². The van der Waals surface area contributed by atoms with E-state index in [1.165, 1.54) is 28.7 Å². The lowest BCUT2D eigenvalue weighted by Gasteiger charge is -2.40. The standard InChI is InChI=1S/C32H38N2O/c1-2-3-22-35-31-17-16-29-23-26(14-15-30(29)24-31)25-33-18-20-34(21-19-33)32(27-10-6-4-7-11-27)28-12-8-5-9-13-28/h4-13,16-17,23-24,32H,2-3,14-15,18-22,25H2,1H3. The molecule has 0 N–H and O–H groups in total. The van der Waals surface area contributed by atoms with Gasteiger partial charge < -0.3 is 4.74 Å². The lowest BCUT2D eigenvalue weighted by molar-refractivity contribution is 0.115. The van der Waals surface area contributed by atoms with Crippen LogP contribution < -0.4 is 4.74 Å². The average Bonchev–Trinajstić information content (AvgIpc) is 2.91. The van der Waals surface area contributed by atoms with Gasteiger partial charge >= 0.3 is 0 Å². The van der Waals surface area contributed by atoms with Gasteiger partial charge in [-0.05, 0) is 53.6 Å². The molecule has 3 aromatic carbocycles. The third-order valence-electron chi connectivity index (χ3n) is 7.39. The highest BCUT2D eigenvalue weighted by Crippen LogP contribution is 2.31. The number of hydrogen-bond donors (Lipinski definition) is 0. The van der Waals surface area contributed by atoms with Crippen LogP contribution in [0.25, 0.3) is 6.08 Å². The van der Waals surface area contributed by atoms with E-state index in [2.05, 4.69) is 102 Å². The molecule has 1 aliphatic heterocycles. The van der Waals surface area contributed by atoms with Gasteiger partial charge in [-0.1, -0.05) is 91.7 Å². The van der Waals surface area contributed by atoms with Crippen LogP contribution in [0.2, 0.25) is 0 Å². The second kappa shape index (κ2) is 11.7. The number of ether oxygens (including phenoxy) is 1. The van der Waals surface area contributed by atoms with Gasteiger partial charge in [0.2, 0.25) is 0 Å². The van der Waals surface area contributed by atoms with Crippen molar-refractivity contribution in [1.29, 1.82) is 0 Å². The summed E-state index contributed by atoms with van der Waals surface area (Å²) in [7, 11) is 0. The molecule has 35 heavy (non-hydrogen) atoms. The Morgan fingerprint density at radius 3 is 2.14 bits per heavy atom. The Morgan fingerprint density at radius 1 is 0.800 bits per heavy atom. The first-order valence-corrected chi connectivity index (χ1v) is 13.3. The third-order valence-corrected chi connectivity index (χ3v) is 7.39. The average molecular weight is 467 g/mol. The maximum atomic E-state index is 5.92. The molecule has 0 radical (unpaired) electrons. The van der Waals surface area contributed by atoms with Crippen LogP contribution in [0.3, 0.4) is 0 Å². The minimum Gasteiger partial charge on any atom is -0.494 e. The summed E-state index contributed by atoms with van der Waals surface area (Å²) in [4.78, 5) is 5.30. The van der Waals surface area contributed by atoms with Crippen molar-refractivity contribution in [3.05, 3.63) is 107 Å². The van der Waals surface area contributed by atoms with Gasteiger partial charge in [0.15, 0.2) is 0 Å². The lowest BCUT2D eigenvalue weighted by atomic mass is 9.91. The SMILES string of the molecule is CCCCOc1ccc2c(c1)CCC(CN1CCN(C(c3ccccc3)c3ccccc3)CC1)=C2. The highest BCUT2D eigenvalue weighted by Gasteiger charge is 2.26. The van der Waals surface area contributed by atoms with Crippen LogP contribution in [0.15, 0.2) is 84.4 Å². The first kappa shape index (κ1) is 23.8. The monoisotopic (exact) mass is 466 g/mol. The number of piperazine rings is 1. The van der Waals surface area contributed by atoms with E-state index < -0.39 is 0 Å². The van der Waals surface area contributed by atoms with E-state index in [0.717, 1.165) is 64.3 Å². The molecule has 2 aliphatic rings. The zero-order chi connectivity index (χ0) is 23.9. The largest absolute Gasteiger partial charge is 0.494 e. The Labute approximate surface area is 211 Å². The fourth-order valence-corrected chi connectivity index (χ4v) is 5.43. The van der Waals surface area contributed by atoms with E-state index >= 15 is 0 Å². The molecule has 3 heteroatoms. The molecule has 1 heterocycles. The van der Waals surface area contributed by atoms with Gasteiger partial charge in [0.25, 0.3) is 0 Å². The van der Waals surface area contributed by atoms with Crippen LogP contribution in [0.1, 0.15) is 54.5 Å². The van der Waals surface area contributed by atoms with Crippen LogP contribution in [0, 0.1) is 0 Å². The van der Waals surface area contributed by atoms with Crippen molar-refractivity contribution in [1.82, 2.24) is 9.80 Å². The van der Waals surface area contributed by atoms with Crippen molar-refractivity contribution in [3.63, 3.8) is 0 Å². The normalized spacial score (nSPS) is 16.7. The van der Waals surface area contributed by atoms with Crippen molar-refractivity contribution in [2.24, 2.45) is 0 Å². The van der Waals surface area contributed by atoms with Crippen LogP contribution in [-0.2, 0) is 6.42 Å². The van der Waals surface area contributed by atoms with Gasteiger partial charge in [-0.25, -0.2) is 0 Å². The molecule has 0 unspecified atom stereocenters. The van der Waals surface area contributed by atoms with Gasteiger partial charge in [0, 0.05) is 32.7 Å². The summed E-state index contributed by atoms with van der Waals surface area (Å²) in [6.07, 6.45) is 6.99. The molecule has 0 atom stereocenters. The Morgan fingerprint density at radius 2 is 1.49 bits per heavy atom. The van der Waals surface area contributed by atoms with Crippen LogP contribution in [-0.4, -0.2) is 49.1 Å². The maximum absolute atomic E-state index is 5.92. The second-order valence-electron chi connectivity index (χ2n) is 9.90. The molecule has 1 aliphatic carbocycles. The summed E-state index contributed by atoms with van der Waals surface area (Å²) in [5.41, 5.74) is 7.14. The molecule has 5 rings (SSSR count). The Balaban J connectivity index is 1.21. The molecule has 0 bridgehead atoms. The van der Waals surface area contributed by atoms with Gasteiger partial charge in [-0.2, -0.15) is 0 Å². The first-order chi connectivity index (χ1) is 17.3. The number of unbranched alkanes of at least 4 members (excludes halogenated alkanes) is 1. The lowest BCUT2D eigenvalue weighted by Crippen LogP contribution is -2.48. The highest BCUT2D eigenvalue weighted by atomic mass is 16.5. The summed E-state index contributed by atoms with van der Waals surface area (Å²) >= 11 is 0. The molecular formula is C32H38N2O. The van der Waals surface area contributed by atoms with E-state index in [9.17, 15) is 0 Å². The van der Waals surface area contributed by atoms with E-state index in [4.69, 9.17) is 4.74 Å². The summed E-state index contributed by atoms with van der Waals surface area (Å²) in [6, 6.07) is 28.9. The van der Waals surface area contributed by atoms with Gasteiger partial charge in [-0.15, -0.1) is 0 Å². The molecule has 0 spiro atoms. The molecule has 3 nitrogen and oxygen atoms in total. The number of hydrogen-bond acceptors (Lipinski definition) is 3. The Hall–Kier alpha value is -2.88. The quantitative estimate of drug-likeness (QED) is 0.330. The molecular weight excluding hydrogens is 428 g/mol. The van der Waals surface area contributed by atoms with Crippen molar-refractivity contribution in [3.8, 4) is 5.75 Å². The summed E-state index contributed by atoms with van der Waals surface area (Å²) in [5.74, 6) is 1.02. The predicted octanol–water partition coefficient (Wildman–Crippen LogP) is 6.60. The third kappa shape index (κ3) is 6.04. The fraction of sp³-hybridized carbons (Fsp3) is 0.375. The number of benzene rings is 3. The van der Waals surface area contributed by atoms with E-state index in [-0.39, 0.29) is 0 Å². The second-order valence-corrected chi connectivity index (χ2v) is 9.90. The molecule has 0 aromatic heterocycles. The van der Waals surface area contributed by atoms with Crippen LogP contribution in [0.4, 0.5) is 0 Å². The van der Waals surface area contributed by atoms with Gasteiger partial charge in [-0.3, -0.25) is 9.80 Å². The Kier molecular flexibility index (Phi) is 7.97. The van der Waals surface area contributed by atoms with Crippen LogP contribution >= 0.6 is 0 Å². The molecule has 1 saturated heterocycles. The number of rotatable bonds is 9. The summed E-state index contributed by atoms with van der Waals surface area (Å²) in [5, 5.41) is 0. The fourth-order valence-electron chi connectivity index (χ4n) is 5.43. The zero-order valence-electron chi connectivity index (χ0n) is 21.0. The molecule has 3 aromatic rings. The smallest absolute Gasteiger partial charge is 0.119 e. The molecule has 182 valence electrons. The minimum absolute atomic E-state index is 0.328. The van der Waals surface area contributed by atoms with Crippen molar-refractivity contribution in [2.45, 2.75) is 38.6 Å². The molecule has 0 saturated carbocycles. The zero-order valence-corrected chi connectivity index (χ0v) is 21.0. The highest BCUT2D eigenvalue weighted by molar-refractivity contribution is 5.61. The van der Waals surface area contributed by atoms with Crippen molar-refractivity contribution in [2.75, 3.05) is 39.3 Å². The van der Waals surface area contributed by atoms with Crippen molar-refractivity contribution >= 4 is 6.08 Å². The first-order valence-electron chi connectivity index (χ1n) is 13.3. The van der Waals surface area contributed by atoms with E-state index in [1.807, 2.05) is 0 Å². The molecule has 1 fully saturated rings. The summed E-state index contributed by atoms with van der Waals surface area (Å²) in [6.45, 7) is 8.52. The predicted molar refractivity (Wildman–Crippen MR) is 146 cm³/mol. The minimum atomic E-state index is 0.328. The Bertz CT molecular complexity index is 1060. The topological polar surface area (TPSA) is 15.7 Å². The number of nitrogens with zero attached hydrogens (tertiary/aromatic N) is 2. The maximum Gasteiger partial charge on any atom is 0.119 e. The van der Waals surface area contributed by atoms with E-state index in [1.54, 1.807) is 5.57 Å². The van der Waals surface area contributed by atoms with Gasteiger partial charge in [0.05, 0.1) is 12.6 Å². The molecule has 0 amide bonds. The van der Waals surface area contributed by atoms with E-state index in [0.29, 0.717) is 6.04 Å². The van der Waals surface area contributed by atoms with Gasteiger partial charge in [0.1, 0.15) is 5.75 Å². The van der Waals surface area contributed by atoms with Crippen molar-refractivity contribution < 1.29 is 4.74 Å².